The number of carbonyl (C=O) groups is 1. The molecule has 0 aliphatic carbocycles. The number of non-ortho nitro benzene ring substituents is 1. The molecule has 1 amide bonds. The van der Waals surface area contributed by atoms with Gasteiger partial charge in [-0.15, -0.1) is 0 Å². The molecule has 2 aromatic rings. The van der Waals surface area contributed by atoms with Crippen molar-refractivity contribution in [2.75, 3.05) is 11.9 Å². The van der Waals surface area contributed by atoms with Crippen LogP contribution in [0.3, 0.4) is 0 Å². The predicted octanol–water partition coefficient (Wildman–Crippen LogP) is 2.13. The molecule has 9 heteroatoms. The number of nitriles is 1. The Balaban J connectivity index is 2.04. The highest BCUT2D eigenvalue weighted by Crippen LogP contribution is 2.15. The fraction of sp³-hybridized carbons (Fsp3) is 0.167. The highest BCUT2D eigenvalue weighted by molar-refractivity contribution is 7.80. The third-order valence-corrected chi connectivity index (χ3v) is 3.80. The molecule has 0 fully saturated rings. The van der Waals surface area contributed by atoms with Crippen LogP contribution in [0, 0.1) is 21.4 Å². The summed E-state index contributed by atoms with van der Waals surface area (Å²) in [5.41, 5.74) is 1.45. The Kier molecular flexibility index (Phi) is 7.22. The second-order valence-electron chi connectivity index (χ2n) is 5.52. The molecule has 0 aromatic heterocycles. The number of nitro benzene ring substituents is 1. The van der Waals surface area contributed by atoms with Gasteiger partial charge in [0.05, 0.1) is 11.0 Å². The predicted molar refractivity (Wildman–Crippen MR) is 105 cm³/mol. The maximum absolute atomic E-state index is 12.3. The van der Waals surface area contributed by atoms with Crippen molar-refractivity contribution in [3.8, 4) is 6.07 Å². The Morgan fingerprint density at radius 3 is 2.44 bits per heavy atom. The van der Waals surface area contributed by atoms with Crippen LogP contribution in [-0.4, -0.2) is 28.5 Å². The summed E-state index contributed by atoms with van der Waals surface area (Å²) < 4.78 is 0. The molecule has 1 atom stereocenters. The number of nitrogens with zero attached hydrogens (tertiary/aromatic N) is 2. The second-order valence-corrected chi connectivity index (χ2v) is 5.93. The van der Waals surface area contributed by atoms with Crippen molar-refractivity contribution in [3.05, 3.63) is 70.3 Å². The van der Waals surface area contributed by atoms with Gasteiger partial charge < -0.3 is 16.0 Å². The Hall–Kier alpha value is -3.51. The SMILES string of the molecule is N#CCNC(=O)C(Cc1ccccc1)NC(=S)Nc1ccc([N+](=O)[O-])cc1. The molecule has 27 heavy (non-hydrogen) atoms. The fourth-order valence-electron chi connectivity index (χ4n) is 2.30. The van der Waals surface area contributed by atoms with Crippen LogP contribution in [0.2, 0.25) is 0 Å². The van der Waals surface area contributed by atoms with Gasteiger partial charge in [-0.2, -0.15) is 5.26 Å². The van der Waals surface area contributed by atoms with E-state index in [1.165, 1.54) is 24.3 Å². The van der Waals surface area contributed by atoms with E-state index in [0.29, 0.717) is 12.1 Å². The van der Waals surface area contributed by atoms with Crippen molar-refractivity contribution in [1.29, 1.82) is 5.26 Å². The van der Waals surface area contributed by atoms with E-state index in [0.717, 1.165) is 5.56 Å². The molecule has 138 valence electrons. The van der Waals surface area contributed by atoms with Crippen LogP contribution < -0.4 is 16.0 Å². The molecule has 0 aliphatic heterocycles. The van der Waals surface area contributed by atoms with E-state index in [1.807, 2.05) is 36.4 Å². The average molecular weight is 383 g/mol. The lowest BCUT2D eigenvalue weighted by atomic mass is 10.1. The van der Waals surface area contributed by atoms with Crippen LogP contribution in [0.25, 0.3) is 0 Å². The summed E-state index contributed by atoms with van der Waals surface area (Å²) in [7, 11) is 0. The van der Waals surface area contributed by atoms with Crippen molar-refractivity contribution in [2.45, 2.75) is 12.5 Å². The molecule has 0 heterocycles. The Bertz CT molecular complexity index is 850. The van der Waals surface area contributed by atoms with Gasteiger partial charge in [-0.05, 0) is 29.9 Å². The first-order chi connectivity index (χ1) is 13.0. The number of nitrogens with one attached hydrogen (secondary N) is 3. The van der Waals surface area contributed by atoms with Gasteiger partial charge in [0.15, 0.2) is 5.11 Å². The van der Waals surface area contributed by atoms with Crippen LogP contribution in [0.4, 0.5) is 11.4 Å². The number of amides is 1. The van der Waals surface area contributed by atoms with Gasteiger partial charge in [-0.1, -0.05) is 30.3 Å². The highest BCUT2D eigenvalue weighted by Gasteiger charge is 2.19. The average Bonchev–Trinajstić information content (AvgIpc) is 2.66. The monoisotopic (exact) mass is 383 g/mol. The molecule has 0 spiro atoms. The Labute approximate surface area is 161 Å². The van der Waals surface area contributed by atoms with Gasteiger partial charge >= 0.3 is 0 Å². The van der Waals surface area contributed by atoms with E-state index in [9.17, 15) is 14.9 Å². The van der Waals surface area contributed by atoms with Crippen molar-refractivity contribution in [1.82, 2.24) is 10.6 Å². The van der Waals surface area contributed by atoms with Crippen LogP contribution in [0.1, 0.15) is 5.56 Å². The maximum atomic E-state index is 12.3. The molecule has 0 bridgehead atoms. The van der Waals surface area contributed by atoms with E-state index in [2.05, 4.69) is 16.0 Å². The molecule has 8 nitrogen and oxygen atoms in total. The zero-order valence-electron chi connectivity index (χ0n) is 14.2. The number of rotatable bonds is 7. The topological polar surface area (TPSA) is 120 Å². The van der Waals surface area contributed by atoms with Crippen LogP contribution in [0.15, 0.2) is 54.6 Å². The van der Waals surface area contributed by atoms with Crippen LogP contribution >= 0.6 is 12.2 Å². The summed E-state index contributed by atoms with van der Waals surface area (Å²) in [6.07, 6.45) is 0.375. The van der Waals surface area contributed by atoms with Crippen molar-refractivity contribution < 1.29 is 9.72 Å². The number of hydrogen-bond donors (Lipinski definition) is 3. The minimum atomic E-state index is -0.682. The fourth-order valence-corrected chi connectivity index (χ4v) is 2.56. The van der Waals surface area contributed by atoms with Crippen molar-refractivity contribution in [2.24, 2.45) is 0 Å². The quantitative estimate of drug-likeness (QED) is 0.290. The lowest BCUT2D eigenvalue weighted by Gasteiger charge is -2.20. The van der Waals surface area contributed by atoms with Crippen LogP contribution in [0.5, 0.6) is 0 Å². The summed E-state index contributed by atoms with van der Waals surface area (Å²) in [6.45, 7) is -0.103. The first-order valence-electron chi connectivity index (χ1n) is 8.00. The number of nitro groups is 1. The van der Waals surface area contributed by atoms with E-state index in [-0.39, 0.29) is 23.3 Å². The number of hydrogen-bond acceptors (Lipinski definition) is 5. The second kappa shape index (κ2) is 9.84. The van der Waals surface area contributed by atoms with E-state index in [1.54, 1.807) is 0 Å². The number of carbonyl (C=O) groups excluding carboxylic acids is 1. The first-order valence-corrected chi connectivity index (χ1v) is 8.41. The maximum Gasteiger partial charge on any atom is 0.269 e. The van der Waals surface area contributed by atoms with Crippen molar-refractivity contribution in [3.63, 3.8) is 0 Å². The Morgan fingerprint density at radius 2 is 1.85 bits per heavy atom. The minimum absolute atomic E-state index is 0.0303. The lowest BCUT2D eigenvalue weighted by molar-refractivity contribution is -0.384. The molecular formula is C18H17N5O3S. The third kappa shape index (κ3) is 6.37. The van der Waals surface area contributed by atoms with Crippen molar-refractivity contribution >= 4 is 34.6 Å². The van der Waals surface area contributed by atoms with Gasteiger partial charge in [0.1, 0.15) is 12.6 Å². The zero-order valence-corrected chi connectivity index (χ0v) is 15.0. The molecule has 1 unspecified atom stereocenters. The minimum Gasteiger partial charge on any atom is -0.350 e. The first kappa shape index (κ1) is 19.8. The molecule has 0 saturated heterocycles. The van der Waals surface area contributed by atoms with E-state index < -0.39 is 11.0 Å². The van der Waals surface area contributed by atoms with Gasteiger partial charge in [-0.3, -0.25) is 14.9 Å². The standard InChI is InChI=1S/C18H17N5O3S/c19-10-11-20-17(24)16(12-13-4-2-1-3-5-13)22-18(27)21-14-6-8-15(9-7-14)23(25)26/h1-9,16H,11-12H2,(H,20,24)(H2,21,22,27). The highest BCUT2D eigenvalue weighted by atomic mass is 32.1. The third-order valence-electron chi connectivity index (χ3n) is 3.58. The number of thiocarbonyl (C=S) groups is 1. The molecule has 0 aliphatic rings. The molecule has 3 N–H and O–H groups in total. The summed E-state index contributed by atoms with van der Waals surface area (Å²) in [6, 6.07) is 16.3. The van der Waals surface area contributed by atoms with Gasteiger partial charge in [0, 0.05) is 24.2 Å². The largest absolute Gasteiger partial charge is 0.350 e. The smallest absolute Gasteiger partial charge is 0.269 e. The van der Waals surface area contributed by atoms with Gasteiger partial charge in [0.2, 0.25) is 5.91 Å². The normalized spacial score (nSPS) is 10.9. The van der Waals surface area contributed by atoms with Gasteiger partial charge in [-0.25, -0.2) is 0 Å². The number of benzene rings is 2. The number of anilines is 1. The molecule has 0 radical (unpaired) electrons. The summed E-state index contributed by atoms with van der Waals surface area (Å²) in [5, 5.41) is 27.9. The molecule has 0 saturated carbocycles. The lowest BCUT2D eigenvalue weighted by Crippen LogP contribution is -2.49. The zero-order chi connectivity index (χ0) is 19.6. The van der Waals surface area contributed by atoms with E-state index >= 15 is 0 Å². The molecule has 2 rings (SSSR count). The Morgan fingerprint density at radius 1 is 1.19 bits per heavy atom. The molecule has 2 aromatic carbocycles. The molecular weight excluding hydrogens is 366 g/mol. The van der Waals surface area contributed by atoms with Crippen LogP contribution in [-0.2, 0) is 11.2 Å². The van der Waals surface area contributed by atoms with E-state index in [4.69, 9.17) is 17.5 Å². The summed E-state index contributed by atoms with van der Waals surface area (Å²) >= 11 is 5.24. The summed E-state index contributed by atoms with van der Waals surface area (Å²) in [5.74, 6) is -0.353. The summed E-state index contributed by atoms with van der Waals surface area (Å²) in [4.78, 5) is 22.5. The van der Waals surface area contributed by atoms with Gasteiger partial charge in [0.25, 0.3) is 5.69 Å².